The van der Waals surface area contributed by atoms with Crippen LogP contribution in [0.4, 0.5) is 0 Å². The van der Waals surface area contributed by atoms with Crippen molar-refractivity contribution in [2.75, 3.05) is 19.7 Å². The summed E-state index contributed by atoms with van der Waals surface area (Å²) in [6.45, 7) is 6.61. The van der Waals surface area contributed by atoms with Crippen LogP contribution in [0.15, 0.2) is 0 Å². The van der Waals surface area contributed by atoms with Gasteiger partial charge in [-0.15, -0.1) is 0 Å². The van der Waals surface area contributed by atoms with Crippen LogP contribution >= 0.6 is 0 Å². The molecule has 2 heterocycles. The molecule has 2 bridgehead atoms. The molecule has 0 aromatic heterocycles. The van der Waals surface area contributed by atoms with E-state index in [0.29, 0.717) is 31.2 Å². The minimum Gasteiger partial charge on any atom is -0.466 e. The summed E-state index contributed by atoms with van der Waals surface area (Å²) in [5.41, 5.74) is 0. The summed E-state index contributed by atoms with van der Waals surface area (Å²) in [5, 5.41) is 3.69. The smallest absolute Gasteiger partial charge is 0.307 e. The quantitative estimate of drug-likeness (QED) is 0.728. The largest absolute Gasteiger partial charge is 0.466 e. The molecule has 0 saturated carbocycles. The topological polar surface area (TPSA) is 41.6 Å². The number of fused-ring (bicyclic) bond motifs is 2. The number of piperidine rings is 2. The Bertz CT molecular complexity index is 295. The molecule has 0 spiro atoms. The van der Waals surface area contributed by atoms with E-state index in [4.69, 9.17) is 4.74 Å². The molecule has 2 atom stereocenters. The fourth-order valence-electron chi connectivity index (χ4n) is 3.81. The number of carbonyl (C=O) groups is 1. The zero-order valence-electron chi connectivity index (χ0n) is 13.1. The van der Waals surface area contributed by atoms with Crippen LogP contribution in [0.1, 0.15) is 58.8 Å². The normalized spacial score (nSPS) is 30.2. The molecular weight excluding hydrogens is 252 g/mol. The average Bonchev–Trinajstić information content (AvgIpc) is 2.42. The van der Waals surface area contributed by atoms with Crippen LogP contribution in [0.5, 0.6) is 0 Å². The molecule has 116 valence electrons. The maximum atomic E-state index is 11.5. The molecule has 0 aromatic rings. The average molecular weight is 282 g/mol. The monoisotopic (exact) mass is 282 g/mol. The SMILES string of the molecule is CCCNC1CC2CCCC(C1)N2CCC(=O)OCC. The van der Waals surface area contributed by atoms with Crippen molar-refractivity contribution in [1.29, 1.82) is 0 Å². The van der Waals surface area contributed by atoms with Crippen LogP contribution < -0.4 is 5.32 Å². The maximum Gasteiger partial charge on any atom is 0.307 e. The number of rotatable bonds is 7. The van der Waals surface area contributed by atoms with E-state index >= 15 is 0 Å². The van der Waals surface area contributed by atoms with E-state index in [1.165, 1.54) is 38.5 Å². The van der Waals surface area contributed by atoms with Crippen LogP contribution in [0.3, 0.4) is 0 Å². The Morgan fingerprint density at radius 2 is 1.95 bits per heavy atom. The summed E-state index contributed by atoms with van der Waals surface area (Å²) in [6.07, 6.45) is 8.20. The Hall–Kier alpha value is -0.610. The fraction of sp³-hybridized carbons (Fsp3) is 0.938. The first-order valence-electron chi connectivity index (χ1n) is 8.39. The van der Waals surface area contributed by atoms with Crippen molar-refractivity contribution < 1.29 is 9.53 Å². The van der Waals surface area contributed by atoms with Gasteiger partial charge in [0.1, 0.15) is 0 Å². The van der Waals surface area contributed by atoms with E-state index in [2.05, 4.69) is 17.1 Å². The molecule has 0 aromatic carbocycles. The molecule has 0 aliphatic carbocycles. The number of hydrogen-bond donors (Lipinski definition) is 1. The lowest BCUT2D eigenvalue weighted by molar-refractivity contribution is -0.144. The third-order valence-electron chi connectivity index (χ3n) is 4.69. The molecular formula is C16H30N2O2. The molecule has 0 amide bonds. The van der Waals surface area contributed by atoms with Gasteiger partial charge >= 0.3 is 5.97 Å². The number of esters is 1. The zero-order valence-corrected chi connectivity index (χ0v) is 13.1. The minimum absolute atomic E-state index is 0.0446. The van der Waals surface area contributed by atoms with Crippen LogP contribution in [0.2, 0.25) is 0 Å². The Kier molecular flexibility index (Phi) is 6.30. The summed E-state index contributed by atoms with van der Waals surface area (Å²) in [5.74, 6) is -0.0446. The third kappa shape index (κ3) is 4.19. The van der Waals surface area contributed by atoms with E-state index in [1.807, 2.05) is 6.92 Å². The molecule has 2 aliphatic heterocycles. The van der Waals surface area contributed by atoms with E-state index in [-0.39, 0.29) is 5.97 Å². The molecule has 0 radical (unpaired) electrons. The van der Waals surface area contributed by atoms with Gasteiger partial charge in [-0.3, -0.25) is 9.69 Å². The summed E-state index contributed by atoms with van der Waals surface area (Å²) < 4.78 is 5.05. The predicted octanol–water partition coefficient (Wildman–Crippen LogP) is 2.32. The number of carbonyl (C=O) groups excluding carboxylic acids is 1. The summed E-state index contributed by atoms with van der Waals surface area (Å²) in [4.78, 5) is 14.1. The van der Waals surface area contributed by atoms with Gasteiger partial charge in [0.05, 0.1) is 13.0 Å². The first-order valence-corrected chi connectivity index (χ1v) is 8.39. The van der Waals surface area contributed by atoms with Gasteiger partial charge in [0.15, 0.2) is 0 Å². The fourth-order valence-corrected chi connectivity index (χ4v) is 3.81. The minimum atomic E-state index is -0.0446. The molecule has 2 fully saturated rings. The van der Waals surface area contributed by atoms with Crippen molar-refractivity contribution in [2.45, 2.75) is 76.9 Å². The van der Waals surface area contributed by atoms with Crippen LogP contribution in [-0.4, -0.2) is 48.7 Å². The highest BCUT2D eigenvalue weighted by molar-refractivity contribution is 5.69. The van der Waals surface area contributed by atoms with Gasteiger partial charge in [-0.1, -0.05) is 13.3 Å². The van der Waals surface area contributed by atoms with Gasteiger partial charge in [0.2, 0.25) is 0 Å². The molecule has 2 rings (SSSR count). The van der Waals surface area contributed by atoms with E-state index in [1.54, 1.807) is 0 Å². The van der Waals surface area contributed by atoms with Crippen molar-refractivity contribution in [3.05, 3.63) is 0 Å². The highest BCUT2D eigenvalue weighted by Crippen LogP contribution is 2.34. The zero-order chi connectivity index (χ0) is 14.4. The van der Waals surface area contributed by atoms with E-state index < -0.39 is 0 Å². The standard InChI is InChI=1S/C16H30N2O2/c1-3-9-17-13-11-14-6-5-7-15(12-13)18(14)10-8-16(19)20-4-2/h13-15,17H,3-12H2,1-2H3. The van der Waals surface area contributed by atoms with Gasteiger partial charge in [0, 0.05) is 24.7 Å². The maximum absolute atomic E-state index is 11.5. The second-order valence-electron chi connectivity index (χ2n) is 6.15. The second kappa shape index (κ2) is 7.99. The Balaban J connectivity index is 1.83. The van der Waals surface area contributed by atoms with Gasteiger partial charge in [0.25, 0.3) is 0 Å². The van der Waals surface area contributed by atoms with Crippen LogP contribution in [0.25, 0.3) is 0 Å². The van der Waals surface area contributed by atoms with Gasteiger partial charge in [-0.25, -0.2) is 0 Å². The van der Waals surface area contributed by atoms with Crippen molar-refractivity contribution in [1.82, 2.24) is 10.2 Å². The van der Waals surface area contributed by atoms with Crippen molar-refractivity contribution in [2.24, 2.45) is 0 Å². The highest BCUT2D eigenvalue weighted by Gasteiger charge is 2.37. The highest BCUT2D eigenvalue weighted by atomic mass is 16.5. The molecule has 2 saturated heterocycles. The third-order valence-corrected chi connectivity index (χ3v) is 4.69. The molecule has 4 heteroatoms. The Morgan fingerprint density at radius 3 is 2.55 bits per heavy atom. The number of ether oxygens (including phenoxy) is 1. The van der Waals surface area contributed by atoms with Crippen molar-refractivity contribution in [3.8, 4) is 0 Å². The Labute approximate surface area is 123 Å². The van der Waals surface area contributed by atoms with Crippen LogP contribution in [-0.2, 0) is 9.53 Å². The lowest BCUT2D eigenvalue weighted by Crippen LogP contribution is -2.56. The lowest BCUT2D eigenvalue weighted by atomic mass is 9.81. The van der Waals surface area contributed by atoms with Crippen molar-refractivity contribution in [3.63, 3.8) is 0 Å². The predicted molar refractivity (Wildman–Crippen MR) is 80.7 cm³/mol. The van der Waals surface area contributed by atoms with Crippen LogP contribution in [0, 0.1) is 0 Å². The van der Waals surface area contributed by atoms with E-state index in [0.717, 1.165) is 13.1 Å². The lowest BCUT2D eigenvalue weighted by Gasteiger charge is -2.49. The number of nitrogens with one attached hydrogen (secondary N) is 1. The summed E-state index contributed by atoms with van der Waals surface area (Å²) in [7, 11) is 0. The summed E-state index contributed by atoms with van der Waals surface area (Å²) >= 11 is 0. The molecule has 2 aliphatic rings. The molecule has 20 heavy (non-hydrogen) atoms. The number of nitrogens with zero attached hydrogens (tertiary/aromatic N) is 1. The van der Waals surface area contributed by atoms with Crippen molar-refractivity contribution >= 4 is 5.97 Å². The molecule has 1 N–H and O–H groups in total. The molecule has 4 nitrogen and oxygen atoms in total. The molecule has 2 unspecified atom stereocenters. The van der Waals surface area contributed by atoms with Gasteiger partial charge < -0.3 is 10.1 Å². The summed E-state index contributed by atoms with van der Waals surface area (Å²) in [6, 6.07) is 2.03. The first-order chi connectivity index (χ1) is 9.74. The van der Waals surface area contributed by atoms with E-state index in [9.17, 15) is 4.79 Å². The second-order valence-corrected chi connectivity index (χ2v) is 6.15. The van der Waals surface area contributed by atoms with Gasteiger partial charge in [-0.2, -0.15) is 0 Å². The van der Waals surface area contributed by atoms with Gasteiger partial charge in [-0.05, 0) is 45.6 Å². The Morgan fingerprint density at radius 1 is 1.25 bits per heavy atom. The first kappa shape index (κ1) is 15.8. The number of hydrogen-bond acceptors (Lipinski definition) is 4.